The Morgan fingerprint density at radius 3 is 2.55 bits per heavy atom. The van der Waals surface area contributed by atoms with Gasteiger partial charge in [-0.2, -0.15) is 0 Å². The van der Waals surface area contributed by atoms with Gasteiger partial charge in [0.25, 0.3) is 0 Å². The number of amides is 2. The van der Waals surface area contributed by atoms with Crippen LogP contribution in [0.15, 0.2) is 24.3 Å². The average molecular weight is 304 g/mol. The molecular weight excluding hydrogens is 280 g/mol. The van der Waals surface area contributed by atoms with Crippen LogP contribution in [0.2, 0.25) is 0 Å². The van der Waals surface area contributed by atoms with Crippen molar-refractivity contribution in [3.8, 4) is 0 Å². The maximum atomic E-state index is 11.7. The standard InChI is InChI=1S/C17H24N2O3/c1-12(2)15(20)10-16(21)18-11-13-5-7-14(8-6-13)19-9-3-4-17(19)22/h5-8,12,15,20H,3-4,9-11H2,1-2H3,(H,18,21). The topological polar surface area (TPSA) is 69.6 Å². The van der Waals surface area contributed by atoms with Gasteiger partial charge in [0, 0.05) is 25.2 Å². The summed E-state index contributed by atoms with van der Waals surface area (Å²) < 4.78 is 0. The SMILES string of the molecule is CC(C)C(O)CC(=O)NCc1ccc(N2CCCC2=O)cc1. The van der Waals surface area contributed by atoms with Crippen molar-refractivity contribution in [2.45, 2.75) is 45.8 Å². The third-order valence-electron chi connectivity index (χ3n) is 3.98. The van der Waals surface area contributed by atoms with E-state index in [-0.39, 0.29) is 24.2 Å². The molecule has 0 saturated carbocycles. The van der Waals surface area contributed by atoms with Crippen LogP contribution in [0, 0.1) is 5.92 Å². The molecule has 1 aliphatic heterocycles. The fraction of sp³-hybridized carbons (Fsp3) is 0.529. The summed E-state index contributed by atoms with van der Waals surface area (Å²) in [7, 11) is 0. The first-order valence-electron chi connectivity index (χ1n) is 7.81. The Labute approximate surface area is 131 Å². The van der Waals surface area contributed by atoms with E-state index in [4.69, 9.17) is 0 Å². The van der Waals surface area contributed by atoms with Gasteiger partial charge >= 0.3 is 0 Å². The van der Waals surface area contributed by atoms with Gasteiger partial charge in [0.1, 0.15) is 0 Å². The van der Waals surface area contributed by atoms with E-state index in [1.54, 1.807) is 4.90 Å². The Balaban J connectivity index is 1.84. The van der Waals surface area contributed by atoms with Crippen LogP contribution < -0.4 is 10.2 Å². The number of benzene rings is 1. The van der Waals surface area contributed by atoms with E-state index in [0.717, 1.165) is 24.2 Å². The zero-order valence-electron chi connectivity index (χ0n) is 13.2. The highest BCUT2D eigenvalue weighted by Crippen LogP contribution is 2.21. The monoisotopic (exact) mass is 304 g/mol. The lowest BCUT2D eigenvalue weighted by Crippen LogP contribution is -2.29. The van der Waals surface area contributed by atoms with E-state index in [1.165, 1.54) is 0 Å². The highest BCUT2D eigenvalue weighted by atomic mass is 16.3. The molecule has 0 aliphatic carbocycles. The number of nitrogens with one attached hydrogen (secondary N) is 1. The molecule has 1 heterocycles. The van der Waals surface area contributed by atoms with Crippen LogP contribution in [-0.4, -0.2) is 29.6 Å². The summed E-state index contributed by atoms with van der Waals surface area (Å²) in [4.78, 5) is 25.2. The highest BCUT2D eigenvalue weighted by molar-refractivity contribution is 5.95. The first-order chi connectivity index (χ1) is 10.5. The summed E-state index contributed by atoms with van der Waals surface area (Å²) in [6.45, 7) is 4.98. The van der Waals surface area contributed by atoms with Gasteiger partial charge in [-0.1, -0.05) is 26.0 Å². The zero-order chi connectivity index (χ0) is 16.1. The Bertz CT molecular complexity index is 525. The summed E-state index contributed by atoms with van der Waals surface area (Å²) in [6.07, 6.45) is 1.05. The molecule has 0 aromatic heterocycles. The zero-order valence-corrected chi connectivity index (χ0v) is 13.2. The molecule has 22 heavy (non-hydrogen) atoms. The van der Waals surface area contributed by atoms with Gasteiger partial charge in [0.05, 0.1) is 12.5 Å². The minimum absolute atomic E-state index is 0.0723. The van der Waals surface area contributed by atoms with E-state index in [1.807, 2.05) is 38.1 Å². The van der Waals surface area contributed by atoms with Crippen molar-refractivity contribution in [3.05, 3.63) is 29.8 Å². The second kappa shape index (κ2) is 7.40. The maximum Gasteiger partial charge on any atom is 0.227 e. The van der Waals surface area contributed by atoms with Gasteiger partial charge in [0.15, 0.2) is 0 Å². The molecule has 1 aromatic carbocycles. The molecule has 1 atom stereocenters. The fourth-order valence-corrected chi connectivity index (χ4v) is 2.41. The number of aliphatic hydroxyl groups is 1. The van der Waals surface area contributed by atoms with Crippen molar-refractivity contribution in [1.29, 1.82) is 0 Å². The number of anilines is 1. The minimum Gasteiger partial charge on any atom is -0.392 e. The molecule has 1 fully saturated rings. The number of carbonyl (C=O) groups excluding carboxylic acids is 2. The lowest BCUT2D eigenvalue weighted by atomic mass is 10.0. The van der Waals surface area contributed by atoms with Crippen molar-refractivity contribution in [2.75, 3.05) is 11.4 Å². The number of hydrogen-bond acceptors (Lipinski definition) is 3. The molecule has 1 saturated heterocycles. The van der Waals surface area contributed by atoms with Crippen molar-refractivity contribution in [1.82, 2.24) is 5.32 Å². The van der Waals surface area contributed by atoms with Crippen LogP contribution in [0.4, 0.5) is 5.69 Å². The van der Waals surface area contributed by atoms with Gasteiger partial charge in [-0.15, -0.1) is 0 Å². The summed E-state index contributed by atoms with van der Waals surface area (Å²) in [5, 5.41) is 12.5. The van der Waals surface area contributed by atoms with Crippen LogP contribution in [0.25, 0.3) is 0 Å². The number of nitrogens with zero attached hydrogens (tertiary/aromatic N) is 1. The molecular formula is C17H24N2O3. The molecule has 1 aliphatic rings. The molecule has 0 bridgehead atoms. The predicted molar refractivity (Wildman–Crippen MR) is 85.3 cm³/mol. The summed E-state index contributed by atoms with van der Waals surface area (Å²) in [5.41, 5.74) is 1.88. The van der Waals surface area contributed by atoms with Gasteiger partial charge in [-0.3, -0.25) is 9.59 Å². The van der Waals surface area contributed by atoms with Crippen LogP contribution in [-0.2, 0) is 16.1 Å². The molecule has 1 unspecified atom stereocenters. The van der Waals surface area contributed by atoms with Crippen LogP contribution in [0.3, 0.4) is 0 Å². The molecule has 1 aromatic rings. The maximum absolute atomic E-state index is 11.7. The lowest BCUT2D eigenvalue weighted by molar-refractivity contribution is -0.123. The van der Waals surface area contributed by atoms with Crippen LogP contribution >= 0.6 is 0 Å². The Kier molecular flexibility index (Phi) is 5.55. The lowest BCUT2D eigenvalue weighted by Gasteiger charge is -2.16. The molecule has 2 N–H and O–H groups in total. The third-order valence-corrected chi connectivity index (χ3v) is 3.98. The van der Waals surface area contributed by atoms with Crippen molar-refractivity contribution >= 4 is 17.5 Å². The predicted octanol–water partition coefficient (Wildman–Crippen LogP) is 1.84. The van der Waals surface area contributed by atoms with E-state index in [0.29, 0.717) is 13.0 Å². The molecule has 2 rings (SSSR count). The normalized spacial score (nSPS) is 16.2. The molecule has 2 amide bonds. The molecule has 5 nitrogen and oxygen atoms in total. The first-order valence-corrected chi connectivity index (χ1v) is 7.81. The number of hydrogen-bond donors (Lipinski definition) is 2. The highest BCUT2D eigenvalue weighted by Gasteiger charge is 2.21. The van der Waals surface area contributed by atoms with E-state index in [9.17, 15) is 14.7 Å². The second-order valence-electron chi connectivity index (χ2n) is 6.11. The van der Waals surface area contributed by atoms with Crippen molar-refractivity contribution < 1.29 is 14.7 Å². The second-order valence-corrected chi connectivity index (χ2v) is 6.11. The number of aliphatic hydroxyl groups excluding tert-OH is 1. The van der Waals surface area contributed by atoms with E-state index < -0.39 is 6.10 Å². The molecule has 5 heteroatoms. The van der Waals surface area contributed by atoms with E-state index >= 15 is 0 Å². The largest absolute Gasteiger partial charge is 0.392 e. The third kappa shape index (κ3) is 4.31. The summed E-state index contributed by atoms with van der Waals surface area (Å²) in [6, 6.07) is 7.65. The molecule has 0 spiro atoms. The first kappa shape index (κ1) is 16.5. The number of carbonyl (C=O) groups is 2. The van der Waals surface area contributed by atoms with Gasteiger partial charge in [0.2, 0.25) is 11.8 Å². The van der Waals surface area contributed by atoms with Crippen LogP contribution in [0.1, 0.15) is 38.7 Å². The summed E-state index contributed by atoms with van der Waals surface area (Å²) in [5.74, 6) is 0.0896. The van der Waals surface area contributed by atoms with Crippen LogP contribution in [0.5, 0.6) is 0 Å². The Hall–Kier alpha value is -1.88. The van der Waals surface area contributed by atoms with Crippen molar-refractivity contribution in [3.63, 3.8) is 0 Å². The molecule has 0 radical (unpaired) electrons. The Morgan fingerprint density at radius 2 is 2.00 bits per heavy atom. The van der Waals surface area contributed by atoms with Crippen molar-refractivity contribution in [2.24, 2.45) is 5.92 Å². The van der Waals surface area contributed by atoms with Gasteiger partial charge in [-0.05, 0) is 30.0 Å². The number of rotatable bonds is 6. The van der Waals surface area contributed by atoms with E-state index in [2.05, 4.69) is 5.32 Å². The van der Waals surface area contributed by atoms with Gasteiger partial charge < -0.3 is 15.3 Å². The smallest absolute Gasteiger partial charge is 0.227 e. The molecule has 120 valence electrons. The Morgan fingerprint density at radius 1 is 1.32 bits per heavy atom. The van der Waals surface area contributed by atoms with Gasteiger partial charge in [-0.25, -0.2) is 0 Å². The minimum atomic E-state index is -0.608. The summed E-state index contributed by atoms with van der Waals surface area (Å²) >= 11 is 0. The fourth-order valence-electron chi connectivity index (χ4n) is 2.41. The average Bonchev–Trinajstić information content (AvgIpc) is 2.91. The quantitative estimate of drug-likeness (QED) is 0.842.